The monoisotopic (exact) mass is 354 g/mol. The summed E-state index contributed by atoms with van der Waals surface area (Å²) in [7, 11) is 0. The minimum absolute atomic E-state index is 0.0255. The number of piperidine rings is 1. The van der Waals surface area contributed by atoms with E-state index in [1.54, 1.807) is 6.92 Å². The molecule has 0 spiro atoms. The van der Waals surface area contributed by atoms with Crippen molar-refractivity contribution in [3.8, 4) is 0 Å². The number of ether oxygens (including phenoxy) is 1. The van der Waals surface area contributed by atoms with Gasteiger partial charge in [-0.2, -0.15) is 0 Å². The van der Waals surface area contributed by atoms with Crippen molar-refractivity contribution in [2.75, 3.05) is 13.2 Å². The standard InChI is InChI=1S/C19H18N2O5/c1-2-26-18(25)19(10-22)15(23)8-14-16-12(9-21(14)17(19)24)7-11-5-3-4-6-13(11)20-16/h3-7,14,22H,2,8-10H2,1H3. The van der Waals surface area contributed by atoms with Gasteiger partial charge in [0, 0.05) is 18.4 Å². The molecule has 0 aliphatic carbocycles. The number of aromatic nitrogens is 1. The highest BCUT2D eigenvalue weighted by molar-refractivity contribution is 6.23. The van der Waals surface area contributed by atoms with Crippen molar-refractivity contribution in [2.24, 2.45) is 5.41 Å². The first-order valence-electron chi connectivity index (χ1n) is 8.54. The molecular formula is C19H18N2O5. The van der Waals surface area contributed by atoms with E-state index < -0.39 is 35.7 Å². The van der Waals surface area contributed by atoms with Gasteiger partial charge in [-0.1, -0.05) is 18.2 Å². The topological polar surface area (TPSA) is 96.8 Å². The molecule has 1 amide bonds. The molecule has 0 radical (unpaired) electrons. The Hall–Kier alpha value is -2.80. The number of ketones is 1. The van der Waals surface area contributed by atoms with Crippen LogP contribution in [0.2, 0.25) is 0 Å². The predicted molar refractivity (Wildman–Crippen MR) is 90.8 cm³/mol. The van der Waals surface area contributed by atoms with E-state index in [4.69, 9.17) is 4.74 Å². The summed E-state index contributed by atoms with van der Waals surface area (Å²) in [5.41, 5.74) is 0.166. The molecule has 0 saturated carbocycles. The summed E-state index contributed by atoms with van der Waals surface area (Å²) in [5.74, 6) is -2.31. The fourth-order valence-electron chi connectivity index (χ4n) is 3.84. The summed E-state index contributed by atoms with van der Waals surface area (Å²) < 4.78 is 4.92. The third-order valence-corrected chi connectivity index (χ3v) is 5.21. The van der Waals surface area contributed by atoms with Crippen LogP contribution >= 0.6 is 0 Å². The van der Waals surface area contributed by atoms with E-state index in [1.165, 1.54) is 4.90 Å². The smallest absolute Gasteiger partial charge is 0.331 e. The third kappa shape index (κ3) is 2.10. The van der Waals surface area contributed by atoms with E-state index >= 15 is 0 Å². The van der Waals surface area contributed by atoms with Gasteiger partial charge in [-0.15, -0.1) is 0 Å². The van der Waals surface area contributed by atoms with Crippen LogP contribution in [-0.2, 0) is 25.7 Å². The first-order chi connectivity index (χ1) is 12.5. The Morgan fingerprint density at radius 2 is 2.15 bits per heavy atom. The van der Waals surface area contributed by atoms with Crippen molar-refractivity contribution in [3.63, 3.8) is 0 Å². The molecule has 1 N–H and O–H groups in total. The Kier molecular flexibility index (Phi) is 3.77. The van der Waals surface area contributed by atoms with Crippen molar-refractivity contribution in [2.45, 2.75) is 25.9 Å². The Bertz CT molecular complexity index is 941. The highest BCUT2D eigenvalue weighted by Gasteiger charge is 2.61. The number of fused-ring (bicyclic) bond motifs is 4. The molecule has 134 valence electrons. The molecule has 1 aromatic carbocycles. The van der Waals surface area contributed by atoms with Gasteiger partial charge in [-0.3, -0.25) is 19.4 Å². The maximum atomic E-state index is 13.1. The number of aliphatic hydroxyl groups excluding tert-OH is 1. The summed E-state index contributed by atoms with van der Waals surface area (Å²) in [6.07, 6.45) is -0.0660. The second-order valence-electron chi connectivity index (χ2n) is 6.59. The van der Waals surface area contributed by atoms with Gasteiger partial charge in [0.15, 0.2) is 5.78 Å². The van der Waals surface area contributed by atoms with Crippen molar-refractivity contribution in [3.05, 3.63) is 41.6 Å². The number of hydrogen-bond acceptors (Lipinski definition) is 6. The van der Waals surface area contributed by atoms with Gasteiger partial charge < -0.3 is 14.7 Å². The number of Topliss-reactive ketones (excluding diaryl/α,β-unsaturated/α-hetero) is 1. The number of hydrogen-bond donors (Lipinski definition) is 1. The molecule has 2 atom stereocenters. The summed E-state index contributed by atoms with van der Waals surface area (Å²) in [5, 5.41) is 10.7. The zero-order valence-corrected chi connectivity index (χ0v) is 14.3. The molecule has 7 heteroatoms. The third-order valence-electron chi connectivity index (χ3n) is 5.21. The molecule has 4 rings (SSSR count). The fraction of sp³-hybridized carbons (Fsp3) is 0.368. The van der Waals surface area contributed by atoms with Crippen LogP contribution < -0.4 is 0 Å². The molecule has 7 nitrogen and oxygen atoms in total. The van der Waals surface area contributed by atoms with Gasteiger partial charge in [0.2, 0.25) is 5.41 Å². The molecular weight excluding hydrogens is 336 g/mol. The van der Waals surface area contributed by atoms with E-state index in [2.05, 4.69) is 4.98 Å². The quantitative estimate of drug-likeness (QED) is 0.656. The van der Waals surface area contributed by atoms with Gasteiger partial charge >= 0.3 is 5.97 Å². The van der Waals surface area contributed by atoms with E-state index in [1.807, 2.05) is 30.3 Å². The zero-order chi connectivity index (χ0) is 18.5. The second-order valence-corrected chi connectivity index (χ2v) is 6.59. The van der Waals surface area contributed by atoms with Crippen LogP contribution in [-0.4, -0.2) is 45.9 Å². The summed E-state index contributed by atoms with van der Waals surface area (Å²) >= 11 is 0. The number of rotatable bonds is 3. The lowest BCUT2D eigenvalue weighted by Gasteiger charge is -2.39. The predicted octanol–water partition coefficient (Wildman–Crippen LogP) is 1.13. The Balaban J connectivity index is 1.78. The van der Waals surface area contributed by atoms with Crippen molar-refractivity contribution in [1.82, 2.24) is 9.88 Å². The highest BCUT2D eigenvalue weighted by Crippen LogP contribution is 2.45. The van der Waals surface area contributed by atoms with Crippen LogP contribution in [0, 0.1) is 5.41 Å². The van der Waals surface area contributed by atoms with E-state index in [9.17, 15) is 19.5 Å². The second kappa shape index (κ2) is 5.88. The first-order valence-corrected chi connectivity index (χ1v) is 8.54. The number of aliphatic hydroxyl groups is 1. The lowest BCUT2D eigenvalue weighted by Crippen LogP contribution is -2.59. The normalized spacial score (nSPS) is 24.5. The van der Waals surface area contributed by atoms with Crippen LogP contribution in [0.3, 0.4) is 0 Å². The molecule has 2 aromatic rings. The first kappa shape index (κ1) is 16.7. The minimum Gasteiger partial charge on any atom is -0.465 e. The summed E-state index contributed by atoms with van der Waals surface area (Å²) in [6.45, 7) is 0.978. The number of carbonyl (C=O) groups excluding carboxylic acids is 3. The van der Waals surface area contributed by atoms with Gasteiger partial charge in [-0.25, -0.2) is 0 Å². The lowest BCUT2D eigenvalue weighted by atomic mass is 9.76. The van der Waals surface area contributed by atoms with Gasteiger partial charge in [-0.05, 0) is 24.6 Å². The van der Waals surface area contributed by atoms with Gasteiger partial charge in [0.1, 0.15) is 0 Å². The van der Waals surface area contributed by atoms with Crippen molar-refractivity contribution in [1.29, 1.82) is 0 Å². The molecule has 1 fully saturated rings. The summed E-state index contributed by atoms with van der Waals surface area (Å²) in [6, 6.07) is 9.04. The average molecular weight is 354 g/mol. The number of carbonyl (C=O) groups is 3. The molecule has 1 aromatic heterocycles. The largest absolute Gasteiger partial charge is 0.465 e. The average Bonchev–Trinajstić information content (AvgIpc) is 2.98. The minimum atomic E-state index is -2.16. The fourth-order valence-corrected chi connectivity index (χ4v) is 3.84. The maximum Gasteiger partial charge on any atom is 0.331 e. The van der Waals surface area contributed by atoms with E-state index in [-0.39, 0.29) is 19.6 Å². The maximum absolute atomic E-state index is 13.1. The van der Waals surface area contributed by atoms with Gasteiger partial charge in [0.05, 0.1) is 30.5 Å². The van der Waals surface area contributed by atoms with Crippen LogP contribution in [0.15, 0.2) is 30.3 Å². The molecule has 0 bridgehead atoms. The SMILES string of the molecule is CCOC(=O)C1(CO)C(=O)CC2c3nc4ccccc4cc3CN2C1=O. The van der Waals surface area contributed by atoms with Crippen LogP contribution in [0.1, 0.15) is 30.6 Å². The van der Waals surface area contributed by atoms with Crippen LogP contribution in [0.5, 0.6) is 0 Å². The molecule has 3 heterocycles. The zero-order valence-electron chi connectivity index (χ0n) is 14.3. The van der Waals surface area contributed by atoms with E-state index in [0.29, 0.717) is 5.69 Å². The molecule has 1 saturated heterocycles. The Morgan fingerprint density at radius 3 is 2.88 bits per heavy atom. The highest BCUT2D eigenvalue weighted by atomic mass is 16.5. The molecule has 26 heavy (non-hydrogen) atoms. The lowest BCUT2D eigenvalue weighted by molar-refractivity contribution is -0.177. The number of benzene rings is 1. The molecule has 2 aliphatic rings. The number of amides is 1. The van der Waals surface area contributed by atoms with Crippen LogP contribution in [0.4, 0.5) is 0 Å². The van der Waals surface area contributed by atoms with Crippen LogP contribution in [0.25, 0.3) is 10.9 Å². The van der Waals surface area contributed by atoms with E-state index in [0.717, 1.165) is 16.5 Å². The Labute approximate surface area is 149 Å². The van der Waals surface area contributed by atoms with Crippen molar-refractivity contribution < 1.29 is 24.2 Å². The Morgan fingerprint density at radius 1 is 1.38 bits per heavy atom. The molecule has 2 unspecified atom stereocenters. The van der Waals surface area contributed by atoms with Crippen molar-refractivity contribution >= 4 is 28.6 Å². The number of nitrogens with zero attached hydrogens (tertiary/aromatic N) is 2. The van der Waals surface area contributed by atoms with Gasteiger partial charge in [0.25, 0.3) is 5.91 Å². The molecule has 2 aliphatic heterocycles. The number of esters is 1. The summed E-state index contributed by atoms with van der Waals surface area (Å²) in [4.78, 5) is 44.3. The number of para-hydroxylation sites is 1. The number of pyridine rings is 1.